The number of benzene rings is 1. The van der Waals surface area contributed by atoms with Crippen molar-refractivity contribution in [1.29, 1.82) is 0 Å². The van der Waals surface area contributed by atoms with E-state index in [1.165, 1.54) is 10.7 Å². The molecule has 0 amide bonds. The van der Waals surface area contributed by atoms with Gasteiger partial charge in [-0.2, -0.15) is 4.68 Å². The van der Waals surface area contributed by atoms with Crippen molar-refractivity contribution in [2.75, 3.05) is 0 Å². The first-order valence-electron chi connectivity index (χ1n) is 5.45. The molecule has 0 aliphatic rings. The summed E-state index contributed by atoms with van der Waals surface area (Å²) in [7, 11) is 0. The Morgan fingerprint density at radius 3 is 2.79 bits per heavy atom. The van der Waals surface area contributed by atoms with Crippen LogP contribution in [0.4, 0.5) is 5.82 Å². The third-order valence-electron chi connectivity index (χ3n) is 2.60. The summed E-state index contributed by atoms with van der Waals surface area (Å²) in [5.74, 6) is -0.401. The lowest BCUT2D eigenvalue weighted by Crippen LogP contribution is -2.13. The minimum absolute atomic E-state index is 0.0177. The Morgan fingerprint density at radius 1 is 1.47 bits per heavy atom. The zero-order valence-electron chi connectivity index (χ0n) is 10.0. The van der Waals surface area contributed by atoms with E-state index < -0.39 is 4.92 Å². The molecule has 0 saturated carbocycles. The van der Waals surface area contributed by atoms with E-state index in [1.807, 2.05) is 6.07 Å². The standard InChI is InChI=1S/C12H10BrN3O3/c1-8-5-12(16(18)19)14-15(8)7-11(17)9-3-2-4-10(13)6-9/h2-6H,7H2,1H3. The van der Waals surface area contributed by atoms with Crippen molar-refractivity contribution in [2.45, 2.75) is 13.5 Å². The van der Waals surface area contributed by atoms with Gasteiger partial charge in [0.15, 0.2) is 5.78 Å². The van der Waals surface area contributed by atoms with Crippen molar-refractivity contribution in [1.82, 2.24) is 9.78 Å². The number of carbonyl (C=O) groups excluding carboxylic acids is 1. The van der Waals surface area contributed by atoms with Gasteiger partial charge in [-0.25, -0.2) is 0 Å². The molecule has 6 nitrogen and oxygen atoms in total. The highest BCUT2D eigenvalue weighted by Gasteiger charge is 2.18. The fourth-order valence-corrected chi connectivity index (χ4v) is 2.03. The highest BCUT2D eigenvalue weighted by Crippen LogP contribution is 2.15. The Labute approximate surface area is 117 Å². The summed E-state index contributed by atoms with van der Waals surface area (Å²) in [4.78, 5) is 22.1. The van der Waals surface area contributed by atoms with Gasteiger partial charge in [0.25, 0.3) is 0 Å². The van der Waals surface area contributed by atoms with E-state index in [4.69, 9.17) is 0 Å². The lowest BCUT2D eigenvalue weighted by atomic mass is 10.1. The molecule has 0 aliphatic heterocycles. The number of aryl methyl sites for hydroxylation is 1. The Morgan fingerprint density at radius 2 is 2.21 bits per heavy atom. The van der Waals surface area contributed by atoms with Crippen LogP contribution in [0.15, 0.2) is 34.8 Å². The highest BCUT2D eigenvalue weighted by atomic mass is 79.9. The number of Topliss-reactive ketones (excluding diaryl/α,β-unsaturated/α-hetero) is 1. The molecule has 0 spiro atoms. The predicted octanol–water partition coefficient (Wildman–Crippen LogP) is 2.75. The van der Waals surface area contributed by atoms with Gasteiger partial charge in [0, 0.05) is 10.0 Å². The van der Waals surface area contributed by atoms with Crippen LogP contribution >= 0.6 is 15.9 Å². The summed E-state index contributed by atoms with van der Waals surface area (Å²) in [6.45, 7) is 1.66. The quantitative estimate of drug-likeness (QED) is 0.492. The molecule has 1 heterocycles. The summed E-state index contributed by atoms with van der Waals surface area (Å²) in [5, 5.41) is 14.4. The molecule has 98 valence electrons. The molecular weight excluding hydrogens is 314 g/mol. The molecule has 0 unspecified atom stereocenters. The minimum atomic E-state index is -0.576. The van der Waals surface area contributed by atoms with Gasteiger partial charge in [0.2, 0.25) is 0 Å². The number of halogens is 1. The Hall–Kier alpha value is -2.02. The monoisotopic (exact) mass is 323 g/mol. The van der Waals surface area contributed by atoms with Gasteiger partial charge in [-0.1, -0.05) is 28.1 Å². The summed E-state index contributed by atoms with van der Waals surface area (Å²) in [5.41, 5.74) is 1.11. The molecule has 0 bridgehead atoms. The lowest BCUT2D eigenvalue weighted by Gasteiger charge is -2.01. The van der Waals surface area contributed by atoms with Gasteiger partial charge in [-0.15, -0.1) is 0 Å². The second-order valence-electron chi connectivity index (χ2n) is 3.99. The summed E-state index contributed by atoms with van der Waals surface area (Å²) < 4.78 is 2.14. The Bertz CT molecular complexity index is 651. The number of ketones is 1. The fraction of sp³-hybridized carbons (Fsp3) is 0.167. The van der Waals surface area contributed by atoms with Crippen LogP contribution in [-0.4, -0.2) is 20.5 Å². The van der Waals surface area contributed by atoms with Crippen LogP contribution in [0.3, 0.4) is 0 Å². The van der Waals surface area contributed by atoms with E-state index in [-0.39, 0.29) is 18.1 Å². The molecular formula is C12H10BrN3O3. The highest BCUT2D eigenvalue weighted by molar-refractivity contribution is 9.10. The smallest absolute Gasteiger partial charge is 0.358 e. The van der Waals surface area contributed by atoms with Crippen molar-refractivity contribution in [3.63, 3.8) is 0 Å². The minimum Gasteiger partial charge on any atom is -0.358 e. The molecule has 2 aromatic rings. The maximum Gasteiger partial charge on any atom is 0.390 e. The first-order valence-corrected chi connectivity index (χ1v) is 6.24. The number of carbonyl (C=O) groups is 1. The fourth-order valence-electron chi connectivity index (χ4n) is 1.63. The van der Waals surface area contributed by atoms with Crippen LogP contribution < -0.4 is 0 Å². The maximum absolute atomic E-state index is 12.0. The van der Waals surface area contributed by atoms with Crippen LogP contribution in [0.2, 0.25) is 0 Å². The Kier molecular flexibility index (Phi) is 3.75. The number of aromatic nitrogens is 2. The van der Waals surface area contributed by atoms with Crippen LogP contribution in [0.25, 0.3) is 0 Å². The van der Waals surface area contributed by atoms with Gasteiger partial charge in [0.1, 0.15) is 6.54 Å². The largest absolute Gasteiger partial charge is 0.390 e. The molecule has 1 aromatic heterocycles. The van der Waals surface area contributed by atoms with Gasteiger partial charge < -0.3 is 10.1 Å². The van der Waals surface area contributed by atoms with Crippen molar-refractivity contribution in [3.8, 4) is 0 Å². The average Bonchev–Trinajstić information content (AvgIpc) is 2.71. The van der Waals surface area contributed by atoms with Gasteiger partial charge in [-0.05, 0) is 24.0 Å². The molecule has 0 fully saturated rings. The molecule has 0 saturated heterocycles. The van der Waals surface area contributed by atoms with Crippen LogP contribution in [0.5, 0.6) is 0 Å². The van der Waals surface area contributed by atoms with E-state index >= 15 is 0 Å². The summed E-state index contributed by atoms with van der Waals surface area (Å²) in [6, 6.07) is 8.32. The number of nitrogens with zero attached hydrogens (tertiary/aromatic N) is 3. The van der Waals surface area contributed by atoms with Crippen molar-refractivity contribution in [2.24, 2.45) is 0 Å². The van der Waals surface area contributed by atoms with Crippen LogP contribution in [0, 0.1) is 17.0 Å². The average molecular weight is 324 g/mol. The molecule has 7 heteroatoms. The molecule has 0 radical (unpaired) electrons. The normalized spacial score (nSPS) is 10.4. The third kappa shape index (κ3) is 3.05. The SMILES string of the molecule is Cc1cc([N+](=O)[O-])nn1CC(=O)c1cccc(Br)c1. The number of nitro groups is 1. The van der Waals surface area contributed by atoms with E-state index in [1.54, 1.807) is 25.1 Å². The first kappa shape index (κ1) is 13.4. The van der Waals surface area contributed by atoms with Crippen molar-refractivity contribution in [3.05, 3.63) is 56.2 Å². The van der Waals surface area contributed by atoms with E-state index in [0.717, 1.165) is 4.47 Å². The van der Waals surface area contributed by atoms with E-state index in [0.29, 0.717) is 11.3 Å². The zero-order valence-corrected chi connectivity index (χ0v) is 11.6. The van der Waals surface area contributed by atoms with E-state index in [9.17, 15) is 14.9 Å². The number of hydrogen-bond acceptors (Lipinski definition) is 4. The molecule has 0 aliphatic carbocycles. The lowest BCUT2D eigenvalue weighted by molar-refractivity contribution is -0.389. The van der Waals surface area contributed by atoms with Gasteiger partial charge in [-0.3, -0.25) is 4.79 Å². The van der Waals surface area contributed by atoms with E-state index in [2.05, 4.69) is 21.0 Å². The topological polar surface area (TPSA) is 78.0 Å². The Balaban J connectivity index is 2.21. The predicted molar refractivity (Wildman–Crippen MR) is 72.1 cm³/mol. The van der Waals surface area contributed by atoms with Gasteiger partial charge >= 0.3 is 5.82 Å². The summed E-state index contributed by atoms with van der Waals surface area (Å²) in [6.07, 6.45) is 0. The maximum atomic E-state index is 12.0. The first-order chi connectivity index (χ1) is 8.97. The summed E-state index contributed by atoms with van der Waals surface area (Å²) >= 11 is 3.29. The molecule has 0 atom stereocenters. The number of rotatable bonds is 4. The second kappa shape index (κ2) is 5.31. The number of hydrogen-bond donors (Lipinski definition) is 0. The molecule has 19 heavy (non-hydrogen) atoms. The molecule has 0 N–H and O–H groups in total. The third-order valence-corrected chi connectivity index (χ3v) is 3.09. The zero-order chi connectivity index (χ0) is 14.0. The van der Waals surface area contributed by atoms with Crippen LogP contribution in [0.1, 0.15) is 16.1 Å². The van der Waals surface area contributed by atoms with Crippen LogP contribution in [-0.2, 0) is 6.54 Å². The van der Waals surface area contributed by atoms with Crippen molar-refractivity contribution >= 4 is 27.5 Å². The molecule has 1 aromatic carbocycles. The molecule has 2 rings (SSSR count). The second-order valence-corrected chi connectivity index (χ2v) is 4.91. The van der Waals surface area contributed by atoms with Gasteiger partial charge in [0.05, 0.1) is 16.9 Å². The van der Waals surface area contributed by atoms with Crippen molar-refractivity contribution < 1.29 is 9.72 Å².